The molecule has 1 fully saturated rings. The highest BCUT2D eigenvalue weighted by Crippen LogP contribution is 2.29. The van der Waals surface area contributed by atoms with Gasteiger partial charge in [-0.2, -0.15) is 27.3 Å². The molecule has 0 amide bonds. The summed E-state index contributed by atoms with van der Waals surface area (Å²) in [6.45, 7) is 4.85. The number of hydrogen-bond donors (Lipinski definition) is 1. The number of nitrogens with zero attached hydrogens (tertiary/aromatic N) is 5. The first-order valence-electron chi connectivity index (χ1n) is 12.4. The Hall–Kier alpha value is -4.22. The molecule has 3 aromatic rings. The van der Waals surface area contributed by atoms with Crippen molar-refractivity contribution in [3.8, 4) is 29.5 Å². The zero-order valence-electron chi connectivity index (χ0n) is 22.4. The van der Waals surface area contributed by atoms with Crippen LogP contribution >= 0.6 is 0 Å². The Morgan fingerprint density at radius 3 is 2.33 bits per heavy atom. The van der Waals surface area contributed by atoms with Gasteiger partial charge in [-0.3, -0.25) is 0 Å². The maximum Gasteiger partial charge on any atom is 0.281 e. The number of aryl methyl sites for hydroxylation is 2. The summed E-state index contributed by atoms with van der Waals surface area (Å²) in [6, 6.07) is 14.7. The van der Waals surface area contributed by atoms with Crippen molar-refractivity contribution in [2.45, 2.75) is 26.7 Å². The third-order valence-corrected chi connectivity index (χ3v) is 8.15. The lowest BCUT2D eigenvalue weighted by molar-refractivity contribution is 0.356. The SMILES string of the molecule is Cc1cc(C#CC=C2CCN(S(=O)(=O)N(C)C)CC2)cc(C)c1Oc1ccnc(Nc2ccc(C#N)cc2)n1. The zero-order chi connectivity index (χ0) is 28.0. The highest BCUT2D eigenvalue weighted by Gasteiger charge is 2.27. The average Bonchev–Trinajstić information content (AvgIpc) is 2.92. The summed E-state index contributed by atoms with van der Waals surface area (Å²) in [4.78, 5) is 8.70. The van der Waals surface area contributed by atoms with E-state index in [1.807, 2.05) is 32.1 Å². The fraction of sp³-hybridized carbons (Fsp3) is 0.276. The van der Waals surface area contributed by atoms with Gasteiger partial charge in [0.05, 0.1) is 11.6 Å². The predicted molar refractivity (Wildman–Crippen MR) is 151 cm³/mol. The van der Waals surface area contributed by atoms with Crippen molar-refractivity contribution in [1.82, 2.24) is 18.6 Å². The van der Waals surface area contributed by atoms with Gasteiger partial charge in [0.1, 0.15) is 5.75 Å². The Morgan fingerprint density at radius 1 is 1.05 bits per heavy atom. The molecule has 0 aliphatic carbocycles. The van der Waals surface area contributed by atoms with Crippen LogP contribution in [0.1, 0.15) is 35.1 Å². The Morgan fingerprint density at radius 2 is 1.72 bits per heavy atom. The number of ether oxygens (including phenoxy) is 1. The van der Waals surface area contributed by atoms with Crippen molar-refractivity contribution in [2.75, 3.05) is 32.5 Å². The second-order valence-electron chi connectivity index (χ2n) is 9.34. The lowest BCUT2D eigenvalue weighted by atomic mass is 10.0. The molecule has 0 spiro atoms. The van der Waals surface area contributed by atoms with Crippen molar-refractivity contribution in [3.63, 3.8) is 0 Å². The second kappa shape index (κ2) is 12.1. The molecule has 2 aromatic carbocycles. The maximum absolute atomic E-state index is 12.3. The predicted octanol–water partition coefficient (Wildman–Crippen LogP) is 4.68. The van der Waals surface area contributed by atoms with Crippen LogP contribution in [-0.4, -0.2) is 54.2 Å². The minimum atomic E-state index is -3.37. The molecule has 1 N–H and O–H groups in total. The normalized spacial score (nSPS) is 13.8. The molecule has 4 rings (SSSR count). The van der Waals surface area contributed by atoms with Crippen LogP contribution in [0.2, 0.25) is 0 Å². The molecule has 39 heavy (non-hydrogen) atoms. The topological polar surface area (TPSA) is 111 Å². The van der Waals surface area contributed by atoms with E-state index in [2.05, 4.69) is 33.2 Å². The lowest BCUT2D eigenvalue weighted by Gasteiger charge is -2.29. The summed E-state index contributed by atoms with van der Waals surface area (Å²) in [6.07, 6.45) is 4.87. The van der Waals surface area contributed by atoms with Gasteiger partial charge in [-0.15, -0.1) is 0 Å². The molecule has 1 saturated heterocycles. The van der Waals surface area contributed by atoms with E-state index in [1.54, 1.807) is 50.6 Å². The van der Waals surface area contributed by atoms with Gasteiger partial charge < -0.3 is 10.1 Å². The summed E-state index contributed by atoms with van der Waals surface area (Å²) in [5.41, 5.74) is 5.21. The molecule has 9 nitrogen and oxygen atoms in total. The largest absolute Gasteiger partial charge is 0.438 e. The third kappa shape index (κ3) is 7.01. The molecule has 2 heterocycles. The van der Waals surface area contributed by atoms with E-state index in [0.29, 0.717) is 49.1 Å². The minimum Gasteiger partial charge on any atom is -0.438 e. The first-order valence-corrected chi connectivity index (χ1v) is 13.8. The third-order valence-electron chi connectivity index (χ3n) is 6.21. The number of nitrogens with one attached hydrogen (secondary N) is 1. The van der Waals surface area contributed by atoms with E-state index in [1.165, 1.54) is 8.61 Å². The number of aromatic nitrogens is 2. The van der Waals surface area contributed by atoms with Gasteiger partial charge in [0.15, 0.2) is 0 Å². The molecule has 0 unspecified atom stereocenters. The van der Waals surface area contributed by atoms with Gasteiger partial charge in [-0.1, -0.05) is 17.4 Å². The van der Waals surface area contributed by atoms with E-state index in [-0.39, 0.29) is 0 Å². The first-order chi connectivity index (χ1) is 18.7. The molecule has 1 aliphatic heterocycles. The molecule has 10 heteroatoms. The quantitative estimate of drug-likeness (QED) is 0.450. The van der Waals surface area contributed by atoms with Crippen LogP contribution in [-0.2, 0) is 10.2 Å². The highest BCUT2D eigenvalue weighted by atomic mass is 32.2. The highest BCUT2D eigenvalue weighted by molar-refractivity contribution is 7.86. The fourth-order valence-electron chi connectivity index (χ4n) is 4.11. The van der Waals surface area contributed by atoms with Crippen LogP contribution in [0.25, 0.3) is 0 Å². The summed E-state index contributed by atoms with van der Waals surface area (Å²) < 4.78 is 33.4. The average molecular weight is 543 g/mol. The van der Waals surface area contributed by atoms with Crippen molar-refractivity contribution >= 4 is 21.8 Å². The van der Waals surface area contributed by atoms with Gasteiger partial charge in [0, 0.05) is 50.7 Å². The van der Waals surface area contributed by atoms with Crippen molar-refractivity contribution < 1.29 is 13.2 Å². The van der Waals surface area contributed by atoms with E-state index in [9.17, 15) is 8.42 Å². The van der Waals surface area contributed by atoms with Crippen LogP contribution in [0.3, 0.4) is 0 Å². The van der Waals surface area contributed by atoms with Crippen LogP contribution in [0, 0.1) is 37.0 Å². The van der Waals surface area contributed by atoms with Crippen LogP contribution in [0.4, 0.5) is 11.6 Å². The number of nitriles is 1. The monoisotopic (exact) mass is 542 g/mol. The maximum atomic E-state index is 12.3. The van der Waals surface area contributed by atoms with E-state index < -0.39 is 10.2 Å². The molecule has 0 saturated carbocycles. The number of hydrogen-bond acceptors (Lipinski definition) is 7. The number of anilines is 2. The molecule has 200 valence electrons. The molecule has 0 bridgehead atoms. The van der Waals surface area contributed by atoms with Gasteiger partial charge in [-0.05, 0) is 80.3 Å². The lowest BCUT2D eigenvalue weighted by Crippen LogP contribution is -2.43. The van der Waals surface area contributed by atoms with Crippen LogP contribution in [0.15, 0.2) is 60.3 Å². The van der Waals surface area contributed by atoms with E-state index >= 15 is 0 Å². The van der Waals surface area contributed by atoms with Gasteiger partial charge in [0.25, 0.3) is 10.2 Å². The van der Waals surface area contributed by atoms with E-state index in [4.69, 9.17) is 10.00 Å². The molecular weight excluding hydrogens is 512 g/mol. The Balaban J connectivity index is 1.41. The first kappa shape index (κ1) is 27.8. The second-order valence-corrected chi connectivity index (χ2v) is 11.5. The number of rotatable bonds is 6. The molecule has 0 atom stereocenters. The summed E-state index contributed by atoms with van der Waals surface area (Å²) in [7, 11) is -0.273. The summed E-state index contributed by atoms with van der Waals surface area (Å²) in [5, 5.41) is 12.1. The minimum absolute atomic E-state index is 0.383. The zero-order valence-corrected chi connectivity index (χ0v) is 23.2. The molecule has 1 aromatic heterocycles. The Labute approximate surface area is 230 Å². The molecular formula is C29H30N6O3S. The smallest absolute Gasteiger partial charge is 0.281 e. The Bertz CT molecular complexity index is 1560. The number of piperidine rings is 1. The van der Waals surface area contributed by atoms with Crippen LogP contribution < -0.4 is 10.1 Å². The van der Waals surface area contributed by atoms with Crippen molar-refractivity contribution in [1.29, 1.82) is 5.26 Å². The van der Waals surface area contributed by atoms with E-state index in [0.717, 1.165) is 28.0 Å². The van der Waals surface area contributed by atoms with Gasteiger partial charge in [0.2, 0.25) is 11.8 Å². The molecule has 1 aliphatic rings. The van der Waals surface area contributed by atoms with Crippen molar-refractivity contribution in [2.24, 2.45) is 0 Å². The van der Waals surface area contributed by atoms with Gasteiger partial charge in [-0.25, -0.2) is 4.98 Å². The van der Waals surface area contributed by atoms with Crippen molar-refractivity contribution in [3.05, 3.63) is 82.6 Å². The molecule has 0 radical (unpaired) electrons. The fourth-order valence-corrected chi connectivity index (χ4v) is 5.21. The summed E-state index contributed by atoms with van der Waals surface area (Å²) in [5.74, 6) is 7.81. The number of benzene rings is 2. The van der Waals surface area contributed by atoms with Crippen LogP contribution in [0.5, 0.6) is 11.6 Å². The van der Waals surface area contributed by atoms with Gasteiger partial charge >= 0.3 is 0 Å². The summed E-state index contributed by atoms with van der Waals surface area (Å²) >= 11 is 0. The number of allylic oxidation sites excluding steroid dienone is 1. The standard InChI is InChI=1S/C29H30N6O3S/c1-21-18-25(7-5-6-23-13-16-35(17-14-23)39(36,37)34(3)4)19-22(2)28(21)38-27-12-15-31-29(33-27)32-26-10-8-24(20-30)9-11-26/h6,8-12,15,18-19H,13-14,16-17H2,1-4H3,(H,31,32,33). The Kier molecular flexibility index (Phi) is 8.62.